The minimum absolute atomic E-state index is 1.00. The minimum Gasteiger partial charge on any atom is -0.0917 e. The first-order valence-corrected chi connectivity index (χ1v) is 7.96. The summed E-state index contributed by atoms with van der Waals surface area (Å²) in [4.78, 5) is 0. The molecule has 0 fully saturated rings. The molecule has 0 aliphatic rings. The van der Waals surface area contributed by atoms with Crippen molar-refractivity contribution >= 4 is 0 Å². The molecule has 17 heavy (non-hydrogen) atoms. The Hall–Kier alpha value is -0.260. The van der Waals surface area contributed by atoms with Crippen molar-refractivity contribution in [2.45, 2.75) is 91.4 Å². The van der Waals surface area contributed by atoms with Crippen LogP contribution in [-0.2, 0) is 0 Å². The van der Waals surface area contributed by atoms with Gasteiger partial charge in [-0.25, -0.2) is 0 Å². The molecule has 0 aromatic rings. The second-order valence-corrected chi connectivity index (χ2v) is 5.33. The predicted octanol–water partition coefficient (Wildman–Crippen LogP) is 6.51. The van der Waals surface area contributed by atoms with Crippen LogP contribution in [0.3, 0.4) is 0 Å². The summed E-state index contributed by atoms with van der Waals surface area (Å²) in [5.74, 6) is 1.00. The molecule has 0 heterocycles. The van der Waals surface area contributed by atoms with Crippen LogP contribution in [0.5, 0.6) is 0 Å². The van der Waals surface area contributed by atoms with E-state index in [0.29, 0.717) is 0 Å². The lowest BCUT2D eigenvalue weighted by molar-refractivity contribution is 0.398. The molecule has 0 aliphatic heterocycles. The van der Waals surface area contributed by atoms with Crippen LogP contribution < -0.4 is 0 Å². The summed E-state index contributed by atoms with van der Waals surface area (Å²) in [7, 11) is 0. The van der Waals surface area contributed by atoms with Crippen LogP contribution in [0.1, 0.15) is 91.4 Å². The van der Waals surface area contributed by atoms with Crippen molar-refractivity contribution in [3.8, 4) is 0 Å². The standard InChI is InChI=1S/C17H34/c1-4-7-9-11-13-15-17(6-3)16-14-12-10-8-5-2/h4,7,17H,5-6,8-16H2,1-3H3/b7-4+. The molecule has 0 amide bonds. The lowest BCUT2D eigenvalue weighted by Crippen LogP contribution is -1.99. The molecule has 0 saturated heterocycles. The van der Waals surface area contributed by atoms with Crippen molar-refractivity contribution in [3.05, 3.63) is 12.2 Å². The largest absolute Gasteiger partial charge is 0.0917 e. The molecule has 0 aromatic heterocycles. The molecule has 0 nitrogen and oxygen atoms in total. The van der Waals surface area contributed by atoms with Crippen LogP contribution in [0.2, 0.25) is 0 Å². The van der Waals surface area contributed by atoms with Gasteiger partial charge in [-0.2, -0.15) is 0 Å². The normalized spacial score (nSPS) is 13.4. The monoisotopic (exact) mass is 238 g/mol. The Morgan fingerprint density at radius 1 is 0.824 bits per heavy atom. The van der Waals surface area contributed by atoms with E-state index in [4.69, 9.17) is 0 Å². The van der Waals surface area contributed by atoms with Gasteiger partial charge < -0.3 is 0 Å². The van der Waals surface area contributed by atoms with E-state index >= 15 is 0 Å². The van der Waals surface area contributed by atoms with E-state index < -0.39 is 0 Å². The van der Waals surface area contributed by atoms with Crippen LogP contribution in [0.15, 0.2) is 12.2 Å². The lowest BCUT2D eigenvalue weighted by atomic mass is 9.92. The van der Waals surface area contributed by atoms with Crippen LogP contribution in [-0.4, -0.2) is 0 Å². The summed E-state index contributed by atoms with van der Waals surface area (Å²) in [5.41, 5.74) is 0. The van der Waals surface area contributed by atoms with Gasteiger partial charge in [0.05, 0.1) is 0 Å². The van der Waals surface area contributed by atoms with E-state index in [2.05, 4.69) is 32.9 Å². The zero-order chi connectivity index (χ0) is 12.8. The first-order valence-electron chi connectivity index (χ1n) is 7.96. The summed E-state index contributed by atoms with van der Waals surface area (Å²) >= 11 is 0. The fourth-order valence-electron chi connectivity index (χ4n) is 2.45. The average molecular weight is 238 g/mol. The maximum atomic E-state index is 2.36. The van der Waals surface area contributed by atoms with Crippen molar-refractivity contribution in [2.24, 2.45) is 5.92 Å². The number of unbranched alkanes of at least 4 members (excludes halogenated alkanes) is 6. The van der Waals surface area contributed by atoms with E-state index in [-0.39, 0.29) is 0 Å². The molecule has 0 saturated carbocycles. The summed E-state index contributed by atoms with van der Waals surface area (Å²) in [5, 5.41) is 0. The molecular weight excluding hydrogens is 204 g/mol. The van der Waals surface area contributed by atoms with E-state index in [1.165, 1.54) is 70.6 Å². The molecule has 0 radical (unpaired) electrons. The van der Waals surface area contributed by atoms with E-state index in [1.807, 2.05) is 0 Å². The third kappa shape index (κ3) is 12.0. The van der Waals surface area contributed by atoms with Crippen LogP contribution in [0, 0.1) is 5.92 Å². The van der Waals surface area contributed by atoms with Gasteiger partial charge in [-0.05, 0) is 25.7 Å². The van der Waals surface area contributed by atoms with E-state index in [1.54, 1.807) is 0 Å². The Morgan fingerprint density at radius 3 is 2.06 bits per heavy atom. The number of hydrogen-bond donors (Lipinski definition) is 0. The van der Waals surface area contributed by atoms with Gasteiger partial charge in [0.25, 0.3) is 0 Å². The number of hydrogen-bond acceptors (Lipinski definition) is 0. The van der Waals surface area contributed by atoms with Crippen molar-refractivity contribution in [1.29, 1.82) is 0 Å². The predicted molar refractivity (Wildman–Crippen MR) is 80.4 cm³/mol. The summed E-state index contributed by atoms with van der Waals surface area (Å²) < 4.78 is 0. The Morgan fingerprint density at radius 2 is 1.47 bits per heavy atom. The molecule has 1 unspecified atom stereocenters. The van der Waals surface area contributed by atoms with Gasteiger partial charge in [-0.15, -0.1) is 0 Å². The molecule has 0 N–H and O–H groups in total. The first-order chi connectivity index (χ1) is 8.35. The molecular formula is C17H34. The Kier molecular flexibility index (Phi) is 13.6. The molecule has 0 heteroatoms. The van der Waals surface area contributed by atoms with Crippen LogP contribution >= 0.6 is 0 Å². The highest BCUT2D eigenvalue weighted by atomic mass is 14.1. The lowest BCUT2D eigenvalue weighted by Gasteiger charge is -2.14. The smallest absolute Gasteiger partial charge is 0.0351 e. The molecule has 102 valence electrons. The Labute approximate surface area is 110 Å². The summed E-state index contributed by atoms with van der Waals surface area (Å²) in [6.45, 7) is 6.77. The zero-order valence-electron chi connectivity index (χ0n) is 12.5. The third-order valence-electron chi connectivity index (χ3n) is 3.76. The first kappa shape index (κ1) is 16.7. The fourth-order valence-corrected chi connectivity index (χ4v) is 2.45. The van der Waals surface area contributed by atoms with Gasteiger partial charge in [0.15, 0.2) is 0 Å². The van der Waals surface area contributed by atoms with Gasteiger partial charge in [0, 0.05) is 0 Å². The van der Waals surface area contributed by atoms with Crippen molar-refractivity contribution in [1.82, 2.24) is 0 Å². The topological polar surface area (TPSA) is 0 Å². The fraction of sp³-hybridized carbons (Fsp3) is 0.882. The summed E-state index contributed by atoms with van der Waals surface area (Å²) in [6.07, 6.45) is 20.1. The highest BCUT2D eigenvalue weighted by Crippen LogP contribution is 2.20. The molecule has 0 aromatic carbocycles. The minimum atomic E-state index is 1.00. The molecule has 0 aliphatic carbocycles. The van der Waals surface area contributed by atoms with Crippen molar-refractivity contribution in [3.63, 3.8) is 0 Å². The number of rotatable bonds is 12. The van der Waals surface area contributed by atoms with Gasteiger partial charge in [0.1, 0.15) is 0 Å². The second-order valence-electron chi connectivity index (χ2n) is 5.33. The maximum absolute atomic E-state index is 2.36. The van der Waals surface area contributed by atoms with Gasteiger partial charge in [0.2, 0.25) is 0 Å². The zero-order valence-corrected chi connectivity index (χ0v) is 12.5. The Bertz CT molecular complexity index is 157. The maximum Gasteiger partial charge on any atom is -0.0351 e. The highest BCUT2D eigenvalue weighted by molar-refractivity contribution is 4.76. The van der Waals surface area contributed by atoms with Gasteiger partial charge in [-0.1, -0.05) is 83.8 Å². The van der Waals surface area contributed by atoms with E-state index in [0.717, 1.165) is 5.92 Å². The molecule has 1 atom stereocenters. The van der Waals surface area contributed by atoms with Crippen LogP contribution in [0.4, 0.5) is 0 Å². The van der Waals surface area contributed by atoms with Gasteiger partial charge in [-0.3, -0.25) is 0 Å². The van der Waals surface area contributed by atoms with Crippen molar-refractivity contribution in [2.75, 3.05) is 0 Å². The number of allylic oxidation sites excluding steroid dienone is 2. The molecule has 0 bridgehead atoms. The molecule has 0 spiro atoms. The molecule has 0 rings (SSSR count). The van der Waals surface area contributed by atoms with Gasteiger partial charge >= 0.3 is 0 Å². The SMILES string of the molecule is C/C=C/CCCCC(CC)CCCCCCC. The van der Waals surface area contributed by atoms with E-state index in [9.17, 15) is 0 Å². The third-order valence-corrected chi connectivity index (χ3v) is 3.76. The Balaban J connectivity index is 3.36. The van der Waals surface area contributed by atoms with Crippen LogP contribution in [0.25, 0.3) is 0 Å². The average Bonchev–Trinajstić information content (AvgIpc) is 2.36. The van der Waals surface area contributed by atoms with Crippen molar-refractivity contribution < 1.29 is 0 Å². The second kappa shape index (κ2) is 13.8. The quantitative estimate of drug-likeness (QED) is 0.268. The summed E-state index contributed by atoms with van der Waals surface area (Å²) in [6, 6.07) is 0. The highest BCUT2D eigenvalue weighted by Gasteiger charge is 2.05.